The van der Waals surface area contributed by atoms with Crippen LogP contribution in [0.2, 0.25) is 0 Å². The van der Waals surface area contributed by atoms with Crippen molar-refractivity contribution in [2.75, 3.05) is 27.4 Å². The molecular weight excluding hydrogens is 200 g/mol. The SMILES string of the molecule is CCc1cc(CCNCNC)ccc1OC. The summed E-state index contributed by atoms with van der Waals surface area (Å²) in [5.74, 6) is 0.995. The van der Waals surface area contributed by atoms with Gasteiger partial charge in [0.15, 0.2) is 0 Å². The van der Waals surface area contributed by atoms with E-state index in [1.165, 1.54) is 11.1 Å². The van der Waals surface area contributed by atoms with Gasteiger partial charge in [0.25, 0.3) is 0 Å². The maximum absolute atomic E-state index is 5.31. The molecule has 0 saturated heterocycles. The molecular formula is C13H22N2O. The van der Waals surface area contributed by atoms with Crippen LogP contribution in [0, 0.1) is 0 Å². The molecule has 0 radical (unpaired) electrons. The molecule has 0 aliphatic carbocycles. The molecule has 0 saturated carbocycles. The number of rotatable bonds is 7. The zero-order valence-corrected chi connectivity index (χ0v) is 10.5. The Morgan fingerprint density at radius 2 is 2.12 bits per heavy atom. The van der Waals surface area contributed by atoms with E-state index < -0.39 is 0 Å². The summed E-state index contributed by atoms with van der Waals surface area (Å²) >= 11 is 0. The van der Waals surface area contributed by atoms with Crippen LogP contribution >= 0.6 is 0 Å². The third kappa shape index (κ3) is 3.83. The highest BCUT2D eigenvalue weighted by molar-refractivity contribution is 5.37. The minimum Gasteiger partial charge on any atom is -0.496 e. The van der Waals surface area contributed by atoms with Gasteiger partial charge in [-0.2, -0.15) is 0 Å². The lowest BCUT2D eigenvalue weighted by molar-refractivity contribution is 0.410. The quantitative estimate of drug-likeness (QED) is 0.542. The Labute approximate surface area is 98.2 Å². The Kier molecular flexibility index (Phi) is 5.90. The normalized spacial score (nSPS) is 10.4. The van der Waals surface area contributed by atoms with Crippen molar-refractivity contribution in [2.24, 2.45) is 0 Å². The number of aryl methyl sites for hydroxylation is 1. The lowest BCUT2D eigenvalue weighted by atomic mass is 10.1. The highest BCUT2D eigenvalue weighted by atomic mass is 16.5. The molecule has 1 aromatic rings. The fraction of sp³-hybridized carbons (Fsp3) is 0.538. The lowest BCUT2D eigenvalue weighted by Gasteiger charge is -2.09. The molecule has 3 heteroatoms. The van der Waals surface area contributed by atoms with Crippen molar-refractivity contribution < 1.29 is 4.74 Å². The van der Waals surface area contributed by atoms with E-state index in [4.69, 9.17) is 4.74 Å². The molecule has 1 rings (SSSR count). The Hall–Kier alpha value is -1.06. The molecule has 0 heterocycles. The van der Waals surface area contributed by atoms with Gasteiger partial charge in [-0.3, -0.25) is 0 Å². The van der Waals surface area contributed by atoms with Gasteiger partial charge in [-0.05, 0) is 37.1 Å². The van der Waals surface area contributed by atoms with Gasteiger partial charge in [0.05, 0.1) is 7.11 Å². The molecule has 0 bridgehead atoms. The van der Waals surface area contributed by atoms with Crippen molar-refractivity contribution in [3.63, 3.8) is 0 Å². The summed E-state index contributed by atoms with van der Waals surface area (Å²) in [6, 6.07) is 6.44. The number of hydrogen-bond donors (Lipinski definition) is 2. The zero-order valence-electron chi connectivity index (χ0n) is 10.5. The molecule has 0 aliphatic rings. The molecule has 1 aromatic carbocycles. The Morgan fingerprint density at radius 3 is 2.75 bits per heavy atom. The molecule has 16 heavy (non-hydrogen) atoms. The number of nitrogens with one attached hydrogen (secondary N) is 2. The van der Waals surface area contributed by atoms with Crippen LogP contribution in [0.1, 0.15) is 18.1 Å². The van der Waals surface area contributed by atoms with Crippen LogP contribution in [0.5, 0.6) is 5.75 Å². The monoisotopic (exact) mass is 222 g/mol. The van der Waals surface area contributed by atoms with Crippen molar-refractivity contribution >= 4 is 0 Å². The zero-order chi connectivity index (χ0) is 11.8. The van der Waals surface area contributed by atoms with Gasteiger partial charge < -0.3 is 15.4 Å². The van der Waals surface area contributed by atoms with Crippen molar-refractivity contribution in [1.82, 2.24) is 10.6 Å². The molecule has 90 valence electrons. The molecule has 0 fully saturated rings. The van der Waals surface area contributed by atoms with E-state index in [2.05, 4.69) is 35.8 Å². The highest BCUT2D eigenvalue weighted by Gasteiger charge is 2.02. The summed E-state index contributed by atoms with van der Waals surface area (Å²) in [4.78, 5) is 0. The van der Waals surface area contributed by atoms with Crippen molar-refractivity contribution in [2.45, 2.75) is 19.8 Å². The minimum atomic E-state index is 0.858. The Morgan fingerprint density at radius 1 is 1.31 bits per heavy atom. The van der Waals surface area contributed by atoms with Gasteiger partial charge >= 0.3 is 0 Å². The minimum absolute atomic E-state index is 0.858. The lowest BCUT2D eigenvalue weighted by Crippen LogP contribution is -2.27. The van der Waals surface area contributed by atoms with E-state index in [0.717, 1.165) is 31.8 Å². The fourth-order valence-corrected chi connectivity index (χ4v) is 1.71. The molecule has 0 aromatic heterocycles. The number of methoxy groups -OCH3 is 1. The van der Waals surface area contributed by atoms with Crippen LogP contribution in [0.4, 0.5) is 0 Å². The van der Waals surface area contributed by atoms with Gasteiger partial charge in [0.1, 0.15) is 5.75 Å². The molecule has 0 amide bonds. The predicted molar refractivity (Wildman–Crippen MR) is 68.0 cm³/mol. The Bertz CT molecular complexity index is 313. The van der Waals surface area contributed by atoms with Crippen LogP contribution in [0.25, 0.3) is 0 Å². The summed E-state index contributed by atoms with van der Waals surface area (Å²) in [5, 5.41) is 6.37. The van der Waals surface area contributed by atoms with E-state index in [1.54, 1.807) is 7.11 Å². The van der Waals surface area contributed by atoms with Gasteiger partial charge in [-0.25, -0.2) is 0 Å². The van der Waals surface area contributed by atoms with Crippen LogP contribution < -0.4 is 15.4 Å². The third-order valence-corrected chi connectivity index (χ3v) is 2.62. The van der Waals surface area contributed by atoms with Gasteiger partial charge in [0, 0.05) is 13.2 Å². The second kappa shape index (κ2) is 7.25. The van der Waals surface area contributed by atoms with E-state index in [0.29, 0.717) is 0 Å². The summed E-state index contributed by atoms with van der Waals surface area (Å²) < 4.78 is 5.31. The summed E-state index contributed by atoms with van der Waals surface area (Å²) in [6.07, 6.45) is 2.07. The molecule has 0 aliphatic heterocycles. The first-order valence-electron chi connectivity index (χ1n) is 5.83. The van der Waals surface area contributed by atoms with Crippen LogP contribution in [0.15, 0.2) is 18.2 Å². The highest BCUT2D eigenvalue weighted by Crippen LogP contribution is 2.20. The van der Waals surface area contributed by atoms with Crippen LogP contribution in [-0.4, -0.2) is 27.4 Å². The summed E-state index contributed by atoms with van der Waals surface area (Å²) in [5.41, 5.74) is 2.65. The van der Waals surface area contributed by atoms with Crippen molar-refractivity contribution in [3.05, 3.63) is 29.3 Å². The van der Waals surface area contributed by atoms with Gasteiger partial charge in [-0.1, -0.05) is 19.1 Å². The second-order valence-electron chi connectivity index (χ2n) is 3.78. The Balaban J connectivity index is 2.54. The average Bonchev–Trinajstić information content (AvgIpc) is 2.34. The first-order valence-corrected chi connectivity index (χ1v) is 5.83. The van der Waals surface area contributed by atoms with E-state index in [1.807, 2.05) is 7.05 Å². The van der Waals surface area contributed by atoms with Crippen LogP contribution in [0.3, 0.4) is 0 Å². The molecule has 0 spiro atoms. The number of ether oxygens (including phenoxy) is 1. The van der Waals surface area contributed by atoms with E-state index in [9.17, 15) is 0 Å². The molecule has 2 N–H and O–H groups in total. The maximum atomic E-state index is 5.31. The topological polar surface area (TPSA) is 33.3 Å². The smallest absolute Gasteiger partial charge is 0.122 e. The standard InChI is InChI=1S/C13H22N2O/c1-4-12-9-11(5-6-13(12)16-3)7-8-15-10-14-2/h5-6,9,14-15H,4,7-8,10H2,1-3H3. The molecule has 3 nitrogen and oxygen atoms in total. The number of benzene rings is 1. The van der Waals surface area contributed by atoms with Crippen LogP contribution in [-0.2, 0) is 12.8 Å². The van der Waals surface area contributed by atoms with Gasteiger partial charge in [0.2, 0.25) is 0 Å². The van der Waals surface area contributed by atoms with Crippen molar-refractivity contribution in [1.29, 1.82) is 0 Å². The fourth-order valence-electron chi connectivity index (χ4n) is 1.71. The third-order valence-electron chi connectivity index (χ3n) is 2.62. The van der Waals surface area contributed by atoms with Crippen molar-refractivity contribution in [3.8, 4) is 5.75 Å². The first-order chi connectivity index (χ1) is 7.81. The second-order valence-corrected chi connectivity index (χ2v) is 3.78. The van der Waals surface area contributed by atoms with Gasteiger partial charge in [-0.15, -0.1) is 0 Å². The number of hydrogen-bond acceptors (Lipinski definition) is 3. The van der Waals surface area contributed by atoms with E-state index in [-0.39, 0.29) is 0 Å². The average molecular weight is 222 g/mol. The maximum Gasteiger partial charge on any atom is 0.122 e. The molecule has 0 unspecified atom stereocenters. The molecule has 0 atom stereocenters. The van der Waals surface area contributed by atoms with E-state index >= 15 is 0 Å². The largest absolute Gasteiger partial charge is 0.496 e. The summed E-state index contributed by atoms with van der Waals surface area (Å²) in [6.45, 7) is 4.01. The first kappa shape index (κ1) is 13.0. The summed E-state index contributed by atoms with van der Waals surface area (Å²) in [7, 11) is 3.66. The predicted octanol–water partition coefficient (Wildman–Crippen LogP) is 1.57.